The van der Waals surface area contributed by atoms with Gasteiger partial charge in [0.25, 0.3) is 0 Å². The summed E-state index contributed by atoms with van der Waals surface area (Å²) in [6.07, 6.45) is 1.22. The summed E-state index contributed by atoms with van der Waals surface area (Å²) in [6.45, 7) is 3.62. The Morgan fingerprint density at radius 2 is 1.77 bits per heavy atom. The lowest BCUT2D eigenvalue weighted by molar-refractivity contribution is -0.132. The van der Waals surface area contributed by atoms with Gasteiger partial charge in [0.05, 0.1) is 20.8 Å². The van der Waals surface area contributed by atoms with Crippen molar-refractivity contribution in [2.75, 3.05) is 52.9 Å². The molecule has 3 amide bonds. The molecule has 2 aromatic carbocycles. The van der Waals surface area contributed by atoms with Crippen molar-refractivity contribution >= 4 is 40.6 Å². The number of nitrogens with zero attached hydrogens (tertiary/aromatic N) is 2. The molecule has 0 aliphatic heterocycles. The molecule has 0 saturated carbocycles. The number of anilines is 1. The number of aryl methyl sites for hydroxylation is 1. The number of benzene rings is 2. The van der Waals surface area contributed by atoms with Crippen LogP contribution in [0.3, 0.4) is 0 Å². The first-order valence-corrected chi connectivity index (χ1v) is 13.9. The van der Waals surface area contributed by atoms with Crippen LogP contribution in [0.4, 0.5) is 10.5 Å². The summed E-state index contributed by atoms with van der Waals surface area (Å²) < 4.78 is 15.9. The maximum Gasteiger partial charge on any atom is 0.322 e. The number of carbonyl (C=O) groups is 2. The van der Waals surface area contributed by atoms with E-state index >= 15 is 0 Å². The lowest BCUT2D eigenvalue weighted by Crippen LogP contribution is -2.45. The number of methoxy groups -OCH3 is 3. The molecular formula is C29H36ClN3O5S. The highest BCUT2D eigenvalue weighted by atomic mass is 35.5. The van der Waals surface area contributed by atoms with Crippen LogP contribution in [0.25, 0.3) is 0 Å². The van der Waals surface area contributed by atoms with Gasteiger partial charge in [-0.05, 0) is 66.6 Å². The van der Waals surface area contributed by atoms with Gasteiger partial charge in [-0.3, -0.25) is 4.79 Å². The van der Waals surface area contributed by atoms with Crippen molar-refractivity contribution in [1.29, 1.82) is 0 Å². The van der Waals surface area contributed by atoms with Crippen LogP contribution in [0.2, 0.25) is 5.02 Å². The molecule has 39 heavy (non-hydrogen) atoms. The van der Waals surface area contributed by atoms with E-state index in [-0.39, 0.29) is 18.5 Å². The number of amides is 3. The van der Waals surface area contributed by atoms with E-state index in [1.54, 1.807) is 49.7 Å². The van der Waals surface area contributed by atoms with Crippen molar-refractivity contribution < 1.29 is 23.8 Å². The molecule has 10 heteroatoms. The van der Waals surface area contributed by atoms with Crippen molar-refractivity contribution in [3.05, 3.63) is 74.9 Å². The Labute approximate surface area is 239 Å². The lowest BCUT2D eigenvalue weighted by atomic mass is 10.1. The predicted molar refractivity (Wildman–Crippen MR) is 156 cm³/mol. The summed E-state index contributed by atoms with van der Waals surface area (Å²) in [5.41, 5.74) is 2.51. The highest BCUT2D eigenvalue weighted by molar-refractivity contribution is 7.09. The van der Waals surface area contributed by atoms with Gasteiger partial charge in [-0.2, -0.15) is 0 Å². The van der Waals surface area contributed by atoms with E-state index in [2.05, 4.69) is 5.32 Å². The van der Waals surface area contributed by atoms with Crippen LogP contribution < -0.4 is 14.8 Å². The molecule has 0 bridgehead atoms. The summed E-state index contributed by atoms with van der Waals surface area (Å²) in [5.74, 6) is 1.15. The third-order valence-corrected chi connectivity index (χ3v) is 7.48. The van der Waals surface area contributed by atoms with Crippen LogP contribution in [0, 0.1) is 6.92 Å². The number of halogens is 1. The topological polar surface area (TPSA) is 80.3 Å². The zero-order chi connectivity index (χ0) is 28.2. The van der Waals surface area contributed by atoms with Gasteiger partial charge in [-0.15, -0.1) is 11.3 Å². The minimum Gasteiger partial charge on any atom is -0.493 e. The Morgan fingerprint density at radius 3 is 2.44 bits per heavy atom. The number of hydrogen-bond acceptors (Lipinski definition) is 6. The average molecular weight is 574 g/mol. The fraction of sp³-hybridized carbons (Fsp3) is 0.379. The van der Waals surface area contributed by atoms with Gasteiger partial charge in [-0.25, -0.2) is 4.79 Å². The number of urea groups is 1. The van der Waals surface area contributed by atoms with E-state index in [1.807, 2.05) is 48.7 Å². The zero-order valence-electron chi connectivity index (χ0n) is 22.9. The Morgan fingerprint density at radius 1 is 0.974 bits per heavy atom. The van der Waals surface area contributed by atoms with Gasteiger partial charge in [0.2, 0.25) is 5.91 Å². The normalized spacial score (nSPS) is 10.7. The maximum absolute atomic E-state index is 13.6. The fourth-order valence-corrected chi connectivity index (χ4v) is 4.87. The fourth-order valence-electron chi connectivity index (χ4n) is 3.97. The number of carbonyl (C=O) groups excluding carboxylic acids is 2. The second kappa shape index (κ2) is 15.4. The summed E-state index contributed by atoms with van der Waals surface area (Å²) >= 11 is 7.83. The van der Waals surface area contributed by atoms with E-state index in [9.17, 15) is 9.59 Å². The Kier molecular flexibility index (Phi) is 11.9. The second-order valence-electron chi connectivity index (χ2n) is 9.00. The highest BCUT2D eigenvalue weighted by Gasteiger charge is 2.22. The van der Waals surface area contributed by atoms with Gasteiger partial charge in [0.15, 0.2) is 11.5 Å². The van der Waals surface area contributed by atoms with Gasteiger partial charge in [0, 0.05) is 42.4 Å². The minimum atomic E-state index is -0.365. The van der Waals surface area contributed by atoms with E-state index in [0.29, 0.717) is 61.3 Å². The van der Waals surface area contributed by atoms with Crippen LogP contribution in [-0.2, 0) is 22.5 Å². The van der Waals surface area contributed by atoms with Crippen molar-refractivity contribution in [2.45, 2.75) is 26.3 Å². The molecule has 1 N–H and O–H groups in total. The van der Waals surface area contributed by atoms with Crippen molar-refractivity contribution in [1.82, 2.24) is 9.80 Å². The number of rotatable bonds is 14. The van der Waals surface area contributed by atoms with E-state index < -0.39 is 0 Å². The molecule has 0 atom stereocenters. The molecule has 0 radical (unpaired) electrons. The molecule has 0 fully saturated rings. The number of hydrogen-bond donors (Lipinski definition) is 1. The van der Waals surface area contributed by atoms with E-state index in [4.69, 9.17) is 25.8 Å². The third kappa shape index (κ3) is 9.16. The van der Waals surface area contributed by atoms with Gasteiger partial charge in [-0.1, -0.05) is 29.8 Å². The first kappa shape index (κ1) is 30.3. The Bertz CT molecular complexity index is 1220. The SMILES string of the molecule is COCCCN(CC(=O)N(CCc1ccc(OC)c(OC)c1)Cc1cccs1)C(=O)Nc1ccc(C)c(Cl)c1. The zero-order valence-corrected chi connectivity index (χ0v) is 24.4. The van der Waals surface area contributed by atoms with Crippen LogP contribution in [-0.4, -0.2) is 69.3 Å². The summed E-state index contributed by atoms with van der Waals surface area (Å²) in [5, 5.41) is 5.43. The number of ether oxygens (including phenoxy) is 3. The molecule has 1 aromatic heterocycles. The summed E-state index contributed by atoms with van der Waals surface area (Å²) in [7, 11) is 4.81. The predicted octanol–water partition coefficient (Wildman–Crippen LogP) is 5.87. The second-order valence-corrected chi connectivity index (χ2v) is 10.4. The highest BCUT2D eigenvalue weighted by Crippen LogP contribution is 2.28. The Balaban J connectivity index is 1.74. The third-order valence-electron chi connectivity index (χ3n) is 6.21. The van der Waals surface area contributed by atoms with Gasteiger partial charge in [0.1, 0.15) is 6.54 Å². The van der Waals surface area contributed by atoms with Crippen LogP contribution >= 0.6 is 22.9 Å². The molecule has 8 nitrogen and oxygen atoms in total. The number of thiophene rings is 1. The van der Waals surface area contributed by atoms with Crippen LogP contribution in [0.5, 0.6) is 11.5 Å². The van der Waals surface area contributed by atoms with E-state index in [1.165, 1.54) is 4.90 Å². The van der Waals surface area contributed by atoms with E-state index in [0.717, 1.165) is 16.0 Å². The summed E-state index contributed by atoms with van der Waals surface area (Å²) in [4.78, 5) is 31.2. The molecule has 0 saturated heterocycles. The lowest BCUT2D eigenvalue weighted by Gasteiger charge is -2.28. The molecule has 1 heterocycles. The molecule has 0 aliphatic rings. The first-order valence-electron chi connectivity index (χ1n) is 12.7. The first-order chi connectivity index (χ1) is 18.8. The smallest absolute Gasteiger partial charge is 0.322 e. The molecule has 3 rings (SSSR count). The maximum atomic E-state index is 13.6. The Hall–Kier alpha value is -3.27. The molecular weight excluding hydrogens is 538 g/mol. The van der Waals surface area contributed by atoms with Crippen molar-refractivity contribution in [3.8, 4) is 11.5 Å². The molecule has 0 unspecified atom stereocenters. The molecule has 0 aliphatic carbocycles. The van der Waals surface area contributed by atoms with Crippen molar-refractivity contribution in [2.24, 2.45) is 0 Å². The minimum absolute atomic E-state index is 0.0630. The van der Waals surface area contributed by atoms with Crippen LogP contribution in [0.15, 0.2) is 53.9 Å². The number of nitrogens with one attached hydrogen (secondary N) is 1. The average Bonchev–Trinajstić information content (AvgIpc) is 3.45. The largest absolute Gasteiger partial charge is 0.493 e. The van der Waals surface area contributed by atoms with Gasteiger partial charge >= 0.3 is 6.03 Å². The van der Waals surface area contributed by atoms with Crippen LogP contribution in [0.1, 0.15) is 22.4 Å². The quantitative estimate of drug-likeness (QED) is 0.244. The summed E-state index contributed by atoms with van der Waals surface area (Å²) in [6, 6.07) is 14.7. The standard InChI is InChI=1S/C29H36ClN3O5S/c1-21-8-10-23(18-25(21)30)31-29(35)33(13-6-15-36-2)20-28(34)32(19-24-7-5-16-39-24)14-12-22-9-11-26(37-3)27(17-22)38-4/h5,7-11,16-18H,6,12-15,19-20H2,1-4H3,(H,31,35). The van der Waals surface area contributed by atoms with Gasteiger partial charge < -0.3 is 29.3 Å². The molecule has 0 spiro atoms. The molecule has 210 valence electrons. The monoisotopic (exact) mass is 573 g/mol. The molecule has 3 aromatic rings. The van der Waals surface area contributed by atoms with Crippen molar-refractivity contribution in [3.63, 3.8) is 0 Å².